The van der Waals surface area contributed by atoms with Crippen molar-refractivity contribution in [2.75, 3.05) is 0 Å². The van der Waals surface area contributed by atoms with Crippen molar-refractivity contribution in [2.24, 2.45) is 0 Å². The van der Waals surface area contributed by atoms with E-state index in [1.165, 1.54) is 4.57 Å². The summed E-state index contributed by atoms with van der Waals surface area (Å²) in [5, 5.41) is 3.94. The van der Waals surface area contributed by atoms with Crippen molar-refractivity contribution in [3.8, 4) is 0 Å². The molecule has 0 spiro atoms. The molecule has 0 N–H and O–H groups in total. The molecule has 1 aromatic carbocycles. The highest BCUT2D eigenvalue weighted by molar-refractivity contribution is 7.89. The Kier molecular flexibility index (Phi) is 6.63. The van der Waals surface area contributed by atoms with Crippen molar-refractivity contribution in [1.82, 2.24) is 18.3 Å². The van der Waals surface area contributed by atoms with Crippen molar-refractivity contribution in [2.45, 2.75) is 63.7 Å². The third kappa shape index (κ3) is 4.36. The Balaban J connectivity index is 2.18. The first-order valence-electron chi connectivity index (χ1n) is 10.2. The molecule has 0 saturated heterocycles. The maximum atomic E-state index is 13.0. The van der Waals surface area contributed by atoms with Crippen LogP contribution in [0.3, 0.4) is 0 Å². The number of aryl methyl sites for hydroxylation is 1. The summed E-state index contributed by atoms with van der Waals surface area (Å²) < 4.78 is 67.2. The molecule has 2 aromatic heterocycles. The van der Waals surface area contributed by atoms with Crippen LogP contribution in [0.1, 0.15) is 45.1 Å². The number of halogens is 3. The first-order chi connectivity index (χ1) is 15.0. The number of hydrogen-bond donors (Lipinski definition) is 0. The molecule has 3 rings (SSSR count). The second-order valence-electron chi connectivity index (χ2n) is 7.36. The summed E-state index contributed by atoms with van der Waals surface area (Å²) in [7, 11) is -4.39. The lowest BCUT2D eigenvalue weighted by Gasteiger charge is -2.10. The van der Waals surface area contributed by atoms with E-state index >= 15 is 0 Å². The fraction of sp³-hybridized carbons (Fsp3) is 0.450. The van der Waals surface area contributed by atoms with E-state index in [2.05, 4.69) is 5.10 Å². The molecule has 0 atom stereocenters. The molecule has 3 aromatic rings. The van der Waals surface area contributed by atoms with Crippen molar-refractivity contribution in [1.29, 1.82) is 0 Å². The SMILES string of the molecule is CCCCn1c(=O)c2cn(S(=O)(=O)c3ccc(C(F)(F)F)cc3)nc2n(CCCC)c1=O. The van der Waals surface area contributed by atoms with Crippen LogP contribution in [-0.4, -0.2) is 26.7 Å². The van der Waals surface area contributed by atoms with Gasteiger partial charge >= 0.3 is 11.9 Å². The van der Waals surface area contributed by atoms with Gasteiger partial charge in [-0.25, -0.2) is 4.79 Å². The quantitative estimate of drug-likeness (QED) is 0.502. The van der Waals surface area contributed by atoms with Crippen LogP contribution in [0.4, 0.5) is 13.2 Å². The highest BCUT2D eigenvalue weighted by Gasteiger charge is 2.31. The zero-order chi connectivity index (χ0) is 23.7. The monoisotopic (exact) mass is 472 g/mol. The van der Waals surface area contributed by atoms with E-state index in [1.54, 1.807) is 0 Å². The average Bonchev–Trinajstić information content (AvgIpc) is 3.19. The fourth-order valence-corrected chi connectivity index (χ4v) is 4.37. The summed E-state index contributed by atoms with van der Waals surface area (Å²) in [4.78, 5) is 25.4. The maximum Gasteiger partial charge on any atom is 0.416 e. The highest BCUT2D eigenvalue weighted by atomic mass is 32.2. The summed E-state index contributed by atoms with van der Waals surface area (Å²) >= 11 is 0. The van der Waals surface area contributed by atoms with Gasteiger partial charge in [0.15, 0.2) is 5.65 Å². The number of nitrogens with zero attached hydrogens (tertiary/aromatic N) is 4. The van der Waals surface area contributed by atoms with E-state index in [1.807, 2.05) is 13.8 Å². The van der Waals surface area contributed by atoms with Gasteiger partial charge in [-0.2, -0.15) is 25.7 Å². The lowest BCUT2D eigenvalue weighted by atomic mass is 10.2. The Bertz CT molecular complexity index is 1340. The molecular weight excluding hydrogens is 449 g/mol. The molecule has 0 aliphatic rings. The van der Waals surface area contributed by atoms with Crippen LogP contribution in [-0.2, 0) is 29.3 Å². The summed E-state index contributed by atoms with van der Waals surface area (Å²) in [6, 6.07) is 2.97. The van der Waals surface area contributed by atoms with Crippen LogP contribution in [0.5, 0.6) is 0 Å². The van der Waals surface area contributed by atoms with E-state index in [0.29, 0.717) is 29.1 Å². The molecule has 0 radical (unpaired) electrons. The van der Waals surface area contributed by atoms with Gasteiger partial charge in [0, 0.05) is 13.1 Å². The van der Waals surface area contributed by atoms with Crippen LogP contribution in [0, 0.1) is 0 Å². The van der Waals surface area contributed by atoms with Gasteiger partial charge in [0.25, 0.3) is 15.6 Å². The molecule has 0 aliphatic heterocycles. The van der Waals surface area contributed by atoms with Gasteiger partial charge in [0.05, 0.1) is 16.7 Å². The van der Waals surface area contributed by atoms with E-state index < -0.39 is 37.9 Å². The second kappa shape index (κ2) is 8.93. The number of hydrogen-bond acceptors (Lipinski definition) is 5. The second-order valence-corrected chi connectivity index (χ2v) is 9.16. The van der Waals surface area contributed by atoms with Crippen molar-refractivity contribution < 1.29 is 21.6 Å². The van der Waals surface area contributed by atoms with Gasteiger partial charge in [0.1, 0.15) is 5.39 Å². The molecule has 2 heterocycles. The van der Waals surface area contributed by atoms with E-state index in [-0.39, 0.29) is 24.1 Å². The zero-order valence-corrected chi connectivity index (χ0v) is 18.4. The topological polar surface area (TPSA) is 96.0 Å². The first-order valence-corrected chi connectivity index (χ1v) is 11.6. The Hall–Kier alpha value is -2.89. The minimum atomic E-state index is -4.61. The summed E-state index contributed by atoms with van der Waals surface area (Å²) in [5.41, 5.74) is -2.28. The van der Waals surface area contributed by atoms with Gasteiger partial charge < -0.3 is 0 Å². The number of alkyl halides is 3. The number of benzene rings is 1. The minimum absolute atomic E-state index is 0.0488. The number of fused-ring (bicyclic) bond motifs is 1. The van der Waals surface area contributed by atoms with E-state index in [9.17, 15) is 31.2 Å². The molecule has 32 heavy (non-hydrogen) atoms. The molecule has 0 bridgehead atoms. The molecular formula is C20H23F3N4O4S. The van der Waals surface area contributed by atoms with Crippen LogP contribution in [0.25, 0.3) is 11.0 Å². The predicted molar refractivity (Wildman–Crippen MR) is 112 cm³/mol. The molecule has 8 nitrogen and oxygen atoms in total. The largest absolute Gasteiger partial charge is 0.416 e. The Morgan fingerprint density at radius 3 is 2.03 bits per heavy atom. The predicted octanol–water partition coefficient (Wildman–Crippen LogP) is 3.22. The number of aromatic nitrogens is 4. The molecule has 0 unspecified atom stereocenters. The summed E-state index contributed by atoms with van der Waals surface area (Å²) in [5.74, 6) is 0. The normalized spacial score (nSPS) is 12.5. The minimum Gasteiger partial charge on any atom is -0.276 e. The van der Waals surface area contributed by atoms with Gasteiger partial charge in [-0.05, 0) is 37.1 Å². The smallest absolute Gasteiger partial charge is 0.276 e. The molecule has 12 heteroatoms. The van der Waals surface area contributed by atoms with E-state index in [4.69, 9.17) is 0 Å². The molecule has 174 valence electrons. The Morgan fingerprint density at radius 2 is 1.50 bits per heavy atom. The Labute approximate surface area is 182 Å². The lowest BCUT2D eigenvalue weighted by molar-refractivity contribution is -0.137. The van der Waals surface area contributed by atoms with Gasteiger partial charge in [-0.15, -0.1) is 5.10 Å². The van der Waals surface area contributed by atoms with Crippen LogP contribution < -0.4 is 11.2 Å². The summed E-state index contributed by atoms with van der Waals surface area (Å²) in [6.07, 6.45) is -0.893. The first kappa shape index (κ1) is 23.8. The van der Waals surface area contributed by atoms with Gasteiger partial charge in [-0.3, -0.25) is 13.9 Å². The Morgan fingerprint density at radius 1 is 0.938 bits per heavy atom. The van der Waals surface area contributed by atoms with Crippen LogP contribution in [0.2, 0.25) is 0 Å². The van der Waals surface area contributed by atoms with E-state index in [0.717, 1.165) is 35.7 Å². The zero-order valence-electron chi connectivity index (χ0n) is 17.6. The third-order valence-electron chi connectivity index (χ3n) is 5.06. The van der Waals surface area contributed by atoms with Gasteiger partial charge in [-0.1, -0.05) is 26.7 Å². The third-order valence-corrected chi connectivity index (χ3v) is 6.61. The molecule has 0 saturated carbocycles. The number of unbranched alkanes of at least 4 members (excludes halogenated alkanes) is 2. The number of rotatable bonds is 8. The average molecular weight is 472 g/mol. The molecule has 0 fully saturated rings. The van der Waals surface area contributed by atoms with Crippen molar-refractivity contribution in [3.63, 3.8) is 0 Å². The summed E-state index contributed by atoms with van der Waals surface area (Å²) in [6.45, 7) is 4.26. The lowest BCUT2D eigenvalue weighted by Crippen LogP contribution is -2.40. The van der Waals surface area contributed by atoms with Crippen LogP contribution >= 0.6 is 0 Å². The van der Waals surface area contributed by atoms with Crippen LogP contribution in [0.15, 0.2) is 44.9 Å². The van der Waals surface area contributed by atoms with Crippen molar-refractivity contribution in [3.05, 3.63) is 56.9 Å². The standard InChI is InChI=1S/C20H23F3N4O4S/c1-3-5-11-25-17-16(18(28)26(19(25)29)12-6-4-2)13-27(24-17)32(30,31)15-9-7-14(8-10-15)20(21,22)23/h7-10,13H,3-6,11-12H2,1-2H3. The maximum absolute atomic E-state index is 13.0. The van der Waals surface area contributed by atoms with Crippen molar-refractivity contribution >= 4 is 21.1 Å². The van der Waals surface area contributed by atoms with Gasteiger partial charge in [0.2, 0.25) is 0 Å². The molecule has 0 aliphatic carbocycles. The molecule has 0 amide bonds. The fourth-order valence-electron chi connectivity index (χ4n) is 3.24. The highest BCUT2D eigenvalue weighted by Crippen LogP contribution is 2.30.